The van der Waals surface area contributed by atoms with Crippen LogP contribution in [-0.2, 0) is 0 Å². The predicted octanol–water partition coefficient (Wildman–Crippen LogP) is 5.19. The lowest BCUT2D eigenvalue weighted by Gasteiger charge is -2.14. The number of ether oxygens (including phenoxy) is 2. The maximum atomic E-state index is 13.4. The molecule has 0 bridgehead atoms. The first-order chi connectivity index (χ1) is 14.1. The highest BCUT2D eigenvalue weighted by atomic mass is 35.5. The Labute approximate surface area is 175 Å². The molecule has 0 fully saturated rings. The third-order valence-electron chi connectivity index (χ3n) is 3.93. The van der Waals surface area contributed by atoms with Crippen LogP contribution in [0.25, 0.3) is 10.9 Å². The van der Waals surface area contributed by atoms with Crippen molar-refractivity contribution in [1.29, 1.82) is 0 Å². The standard InChI is InChI=1S/C19H20ClFN4O2.C2H6/c1-22-6-3-7-27-18-9-13-16(10-17(18)26-2)23-11-24-19(13)25-12-4-5-15(21)14(20)8-12;1-2/h4-5,8-11,22H,3,6-7H2,1-2H3,(H,23,24,25);1-2H3. The van der Waals surface area contributed by atoms with Crippen LogP contribution in [0.15, 0.2) is 36.7 Å². The summed E-state index contributed by atoms with van der Waals surface area (Å²) in [6.07, 6.45) is 2.31. The highest BCUT2D eigenvalue weighted by molar-refractivity contribution is 6.31. The van der Waals surface area contributed by atoms with Gasteiger partial charge in [0.15, 0.2) is 11.5 Å². The molecule has 2 N–H and O–H groups in total. The van der Waals surface area contributed by atoms with Crippen molar-refractivity contribution in [3.63, 3.8) is 0 Å². The van der Waals surface area contributed by atoms with Crippen LogP contribution >= 0.6 is 11.6 Å². The van der Waals surface area contributed by atoms with Gasteiger partial charge in [-0.1, -0.05) is 25.4 Å². The van der Waals surface area contributed by atoms with Gasteiger partial charge in [0.25, 0.3) is 0 Å². The highest BCUT2D eigenvalue weighted by Crippen LogP contribution is 2.35. The number of methoxy groups -OCH3 is 1. The Kier molecular flexibility index (Phi) is 8.89. The lowest BCUT2D eigenvalue weighted by Crippen LogP contribution is -2.11. The van der Waals surface area contributed by atoms with Gasteiger partial charge in [0.2, 0.25) is 0 Å². The molecule has 0 aliphatic carbocycles. The van der Waals surface area contributed by atoms with E-state index in [2.05, 4.69) is 20.6 Å². The Morgan fingerprint density at radius 2 is 1.90 bits per heavy atom. The van der Waals surface area contributed by atoms with Gasteiger partial charge in [0, 0.05) is 17.1 Å². The van der Waals surface area contributed by atoms with E-state index in [0.29, 0.717) is 35.1 Å². The molecule has 8 heteroatoms. The molecule has 0 radical (unpaired) electrons. The molecule has 0 unspecified atom stereocenters. The molecular formula is C21H26ClFN4O2. The van der Waals surface area contributed by atoms with Crippen LogP contribution in [0.4, 0.5) is 15.9 Å². The maximum Gasteiger partial charge on any atom is 0.162 e. The fourth-order valence-electron chi connectivity index (χ4n) is 2.58. The van der Waals surface area contributed by atoms with Gasteiger partial charge in [-0.3, -0.25) is 0 Å². The Balaban J connectivity index is 0.00000145. The van der Waals surface area contributed by atoms with Gasteiger partial charge in [-0.25, -0.2) is 14.4 Å². The minimum Gasteiger partial charge on any atom is -0.493 e. The number of hydrogen-bond donors (Lipinski definition) is 2. The number of hydrogen-bond acceptors (Lipinski definition) is 6. The van der Waals surface area contributed by atoms with E-state index >= 15 is 0 Å². The van der Waals surface area contributed by atoms with E-state index in [1.165, 1.54) is 18.5 Å². The quantitative estimate of drug-likeness (QED) is 0.489. The fourth-order valence-corrected chi connectivity index (χ4v) is 2.76. The zero-order chi connectivity index (χ0) is 21.2. The number of fused-ring (bicyclic) bond motifs is 1. The van der Waals surface area contributed by atoms with Crippen LogP contribution in [-0.4, -0.2) is 37.3 Å². The molecular weight excluding hydrogens is 395 g/mol. The summed E-state index contributed by atoms with van der Waals surface area (Å²) in [7, 11) is 3.48. The molecule has 3 aromatic rings. The SMILES string of the molecule is CC.CNCCCOc1cc2c(Nc3ccc(F)c(Cl)c3)ncnc2cc1OC. The molecule has 0 saturated carbocycles. The molecule has 0 saturated heterocycles. The molecule has 2 aromatic carbocycles. The summed E-state index contributed by atoms with van der Waals surface area (Å²) in [6.45, 7) is 5.41. The lowest BCUT2D eigenvalue weighted by atomic mass is 10.2. The topological polar surface area (TPSA) is 68.3 Å². The van der Waals surface area contributed by atoms with E-state index in [1.54, 1.807) is 19.2 Å². The predicted molar refractivity (Wildman–Crippen MR) is 116 cm³/mol. The summed E-state index contributed by atoms with van der Waals surface area (Å²) in [6, 6.07) is 8.03. The van der Waals surface area contributed by atoms with Crippen molar-refractivity contribution >= 4 is 34.0 Å². The van der Waals surface area contributed by atoms with E-state index in [4.69, 9.17) is 21.1 Å². The van der Waals surface area contributed by atoms with Crippen molar-refractivity contribution in [1.82, 2.24) is 15.3 Å². The van der Waals surface area contributed by atoms with Crippen LogP contribution < -0.4 is 20.1 Å². The van der Waals surface area contributed by atoms with Gasteiger partial charge in [0.1, 0.15) is 18.0 Å². The number of rotatable bonds is 8. The molecule has 0 amide bonds. The van der Waals surface area contributed by atoms with Crippen molar-refractivity contribution in [3.8, 4) is 11.5 Å². The van der Waals surface area contributed by atoms with Crippen molar-refractivity contribution in [3.05, 3.63) is 47.5 Å². The first-order valence-corrected chi connectivity index (χ1v) is 9.82. The second-order valence-electron chi connectivity index (χ2n) is 5.80. The third-order valence-corrected chi connectivity index (χ3v) is 4.22. The number of anilines is 2. The molecule has 1 heterocycles. The lowest BCUT2D eigenvalue weighted by molar-refractivity contribution is 0.289. The van der Waals surface area contributed by atoms with E-state index < -0.39 is 5.82 Å². The number of halogens is 2. The highest BCUT2D eigenvalue weighted by Gasteiger charge is 2.12. The van der Waals surface area contributed by atoms with E-state index in [9.17, 15) is 4.39 Å². The minimum absolute atomic E-state index is 0.0357. The van der Waals surface area contributed by atoms with Crippen molar-refractivity contribution in [2.45, 2.75) is 20.3 Å². The van der Waals surface area contributed by atoms with Gasteiger partial charge in [-0.2, -0.15) is 0 Å². The first-order valence-electron chi connectivity index (χ1n) is 9.44. The van der Waals surface area contributed by atoms with E-state index in [-0.39, 0.29) is 5.02 Å². The summed E-state index contributed by atoms with van der Waals surface area (Å²) >= 11 is 5.86. The van der Waals surface area contributed by atoms with Crippen LogP contribution in [0.2, 0.25) is 5.02 Å². The van der Waals surface area contributed by atoms with Crippen LogP contribution in [0.3, 0.4) is 0 Å². The smallest absolute Gasteiger partial charge is 0.162 e. The molecule has 156 valence electrons. The van der Waals surface area contributed by atoms with Crippen LogP contribution in [0, 0.1) is 5.82 Å². The maximum absolute atomic E-state index is 13.4. The average molecular weight is 421 g/mol. The summed E-state index contributed by atoms with van der Waals surface area (Å²) < 4.78 is 24.7. The molecule has 6 nitrogen and oxygen atoms in total. The van der Waals surface area contributed by atoms with E-state index in [1.807, 2.05) is 27.0 Å². The number of aromatic nitrogens is 2. The first kappa shape index (κ1) is 22.6. The van der Waals surface area contributed by atoms with Gasteiger partial charge in [-0.15, -0.1) is 0 Å². The van der Waals surface area contributed by atoms with E-state index in [0.717, 1.165) is 18.4 Å². The van der Waals surface area contributed by atoms with Gasteiger partial charge in [-0.05, 0) is 44.3 Å². The Morgan fingerprint density at radius 1 is 1.10 bits per heavy atom. The molecule has 0 aliphatic heterocycles. The van der Waals surface area contributed by atoms with Gasteiger partial charge < -0.3 is 20.1 Å². The fraction of sp³-hybridized carbons (Fsp3) is 0.333. The van der Waals surface area contributed by atoms with Crippen molar-refractivity contribution < 1.29 is 13.9 Å². The molecule has 29 heavy (non-hydrogen) atoms. The molecule has 1 aromatic heterocycles. The summed E-state index contributed by atoms with van der Waals surface area (Å²) in [5, 5.41) is 7.01. The van der Waals surface area contributed by atoms with Crippen molar-refractivity contribution in [2.75, 3.05) is 32.6 Å². The zero-order valence-corrected chi connectivity index (χ0v) is 17.8. The Morgan fingerprint density at radius 3 is 2.59 bits per heavy atom. The number of nitrogens with one attached hydrogen (secondary N) is 2. The Bertz CT molecular complexity index is 940. The average Bonchev–Trinajstić information content (AvgIpc) is 2.75. The third kappa shape index (κ3) is 5.92. The van der Waals surface area contributed by atoms with Crippen LogP contribution in [0.5, 0.6) is 11.5 Å². The molecule has 0 aliphatic rings. The van der Waals surface area contributed by atoms with Crippen molar-refractivity contribution in [2.24, 2.45) is 0 Å². The van der Waals surface area contributed by atoms with Crippen LogP contribution in [0.1, 0.15) is 20.3 Å². The second kappa shape index (κ2) is 11.4. The summed E-state index contributed by atoms with van der Waals surface area (Å²) in [5.41, 5.74) is 1.31. The second-order valence-corrected chi connectivity index (χ2v) is 6.21. The largest absolute Gasteiger partial charge is 0.493 e. The number of benzene rings is 2. The number of nitrogens with zero attached hydrogens (tertiary/aromatic N) is 2. The Hall–Kier alpha value is -2.64. The monoisotopic (exact) mass is 420 g/mol. The minimum atomic E-state index is -0.475. The molecule has 0 atom stereocenters. The van der Waals surface area contributed by atoms with Gasteiger partial charge in [0.05, 0.1) is 24.3 Å². The molecule has 3 rings (SSSR count). The summed E-state index contributed by atoms with van der Waals surface area (Å²) in [5.74, 6) is 1.29. The molecule has 0 spiro atoms. The summed E-state index contributed by atoms with van der Waals surface area (Å²) in [4.78, 5) is 8.59. The normalized spacial score (nSPS) is 10.3. The zero-order valence-electron chi connectivity index (χ0n) is 17.1. The van der Waals surface area contributed by atoms with Gasteiger partial charge >= 0.3 is 0 Å².